The van der Waals surface area contributed by atoms with E-state index in [1.165, 1.54) is 4.68 Å². The second-order valence-electron chi connectivity index (χ2n) is 5.40. The van der Waals surface area contributed by atoms with Gasteiger partial charge in [-0.25, -0.2) is 5.10 Å². The van der Waals surface area contributed by atoms with Crippen LogP contribution in [0.25, 0.3) is 0 Å². The van der Waals surface area contributed by atoms with Gasteiger partial charge in [-0.1, -0.05) is 23.2 Å². The molecule has 0 aliphatic rings. The summed E-state index contributed by atoms with van der Waals surface area (Å²) in [5, 5.41) is 12.3. The number of H-pyrrole nitrogens is 2. The number of benzene rings is 1. The average molecular weight is 396 g/mol. The van der Waals surface area contributed by atoms with Gasteiger partial charge in [0.2, 0.25) is 4.77 Å². The van der Waals surface area contributed by atoms with Crippen LogP contribution in [-0.2, 0) is 6.61 Å². The highest BCUT2D eigenvalue weighted by atomic mass is 35.5. The van der Waals surface area contributed by atoms with Crippen LogP contribution in [0.1, 0.15) is 22.8 Å². The summed E-state index contributed by atoms with van der Waals surface area (Å²) < 4.78 is 7.57. The summed E-state index contributed by atoms with van der Waals surface area (Å²) in [6.07, 6.45) is 1.72. The number of nitrogens with one attached hydrogen (secondary N) is 2. The van der Waals surface area contributed by atoms with E-state index < -0.39 is 0 Å². The number of rotatable bonds is 5. The molecule has 0 radical (unpaired) electrons. The van der Waals surface area contributed by atoms with Crippen molar-refractivity contribution in [3.8, 4) is 5.75 Å². The first-order valence-corrected chi connectivity index (χ1v) is 8.55. The van der Waals surface area contributed by atoms with Crippen LogP contribution in [0.2, 0.25) is 10.0 Å². The van der Waals surface area contributed by atoms with Crippen LogP contribution < -0.4 is 4.74 Å². The summed E-state index contributed by atoms with van der Waals surface area (Å²) in [5.41, 5.74) is 3.07. The summed E-state index contributed by atoms with van der Waals surface area (Å²) in [5.74, 6) is 0.984. The average Bonchev–Trinajstić information content (AvgIpc) is 3.08. The Morgan fingerprint density at radius 1 is 1.32 bits per heavy atom. The fraction of sp³-hybridized carbons (Fsp3) is 0.188. The topological polar surface area (TPSA) is 71.0 Å². The summed E-state index contributed by atoms with van der Waals surface area (Å²) in [4.78, 5) is 3.22. The molecule has 2 N–H and O–H groups in total. The normalized spacial score (nSPS) is 11.4. The first kappa shape index (κ1) is 17.7. The Morgan fingerprint density at radius 3 is 2.84 bits per heavy atom. The maximum atomic E-state index is 6.10. The molecule has 0 bridgehead atoms. The summed E-state index contributed by atoms with van der Waals surface area (Å²) in [6, 6.07) is 7.01. The van der Waals surface area contributed by atoms with E-state index in [-0.39, 0.29) is 6.61 Å². The van der Waals surface area contributed by atoms with Crippen molar-refractivity contribution in [2.75, 3.05) is 0 Å². The molecule has 2 heterocycles. The van der Waals surface area contributed by atoms with E-state index in [1.54, 1.807) is 24.4 Å². The van der Waals surface area contributed by atoms with Crippen molar-refractivity contribution in [2.45, 2.75) is 20.5 Å². The molecule has 0 aliphatic heterocycles. The molecule has 0 spiro atoms. The third kappa shape index (κ3) is 4.12. The minimum absolute atomic E-state index is 0.135. The zero-order valence-electron chi connectivity index (χ0n) is 13.5. The molecule has 3 aromatic rings. The third-order valence-corrected chi connectivity index (χ3v) is 4.28. The predicted molar refractivity (Wildman–Crippen MR) is 101 cm³/mol. The lowest BCUT2D eigenvalue weighted by Crippen LogP contribution is -2.04. The molecule has 1 aromatic carbocycles. The molecule has 9 heteroatoms. The van der Waals surface area contributed by atoms with Crippen molar-refractivity contribution in [2.24, 2.45) is 5.10 Å². The zero-order chi connectivity index (χ0) is 18.0. The Bertz CT molecular complexity index is 989. The van der Waals surface area contributed by atoms with E-state index in [0.29, 0.717) is 26.4 Å². The van der Waals surface area contributed by atoms with Gasteiger partial charge in [-0.3, -0.25) is 0 Å². The molecule has 2 aromatic heterocycles. The molecule has 0 atom stereocenters. The van der Waals surface area contributed by atoms with E-state index in [4.69, 9.17) is 40.2 Å². The zero-order valence-corrected chi connectivity index (χ0v) is 15.8. The number of halogens is 2. The quantitative estimate of drug-likeness (QED) is 0.487. The standard InChI is InChI=1S/C16H15Cl2N5OS/c1-9-5-11(10(2)20-9)7-19-23-15(21-22-16(23)25)8-24-14-6-12(17)3-4-13(14)18/h3-7,20H,8H2,1-2H3,(H,22,25)/b19-7+. The lowest BCUT2D eigenvalue weighted by molar-refractivity contribution is 0.291. The van der Waals surface area contributed by atoms with Crippen LogP contribution >= 0.6 is 35.4 Å². The first-order valence-electron chi connectivity index (χ1n) is 7.39. The van der Waals surface area contributed by atoms with Gasteiger partial charge in [0.05, 0.1) is 11.2 Å². The Kier molecular flexibility index (Phi) is 5.27. The van der Waals surface area contributed by atoms with Gasteiger partial charge >= 0.3 is 0 Å². The van der Waals surface area contributed by atoms with Crippen molar-refractivity contribution in [3.05, 3.63) is 61.9 Å². The molecule has 0 saturated heterocycles. The largest absolute Gasteiger partial charge is 0.484 e. The maximum Gasteiger partial charge on any atom is 0.216 e. The lowest BCUT2D eigenvalue weighted by atomic mass is 10.3. The molecule has 6 nitrogen and oxygen atoms in total. The Labute approximate surface area is 159 Å². The number of aromatic amines is 2. The highest BCUT2D eigenvalue weighted by Crippen LogP contribution is 2.28. The Hall–Kier alpha value is -2.09. The number of hydrogen-bond acceptors (Lipinski definition) is 4. The molecular formula is C16H15Cl2N5OS. The van der Waals surface area contributed by atoms with Crippen molar-refractivity contribution in [1.29, 1.82) is 0 Å². The van der Waals surface area contributed by atoms with Gasteiger partial charge < -0.3 is 9.72 Å². The fourth-order valence-corrected chi connectivity index (χ4v) is 2.80. The molecular weight excluding hydrogens is 381 g/mol. The highest BCUT2D eigenvalue weighted by molar-refractivity contribution is 7.71. The van der Waals surface area contributed by atoms with E-state index >= 15 is 0 Å². The van der Waals surface area contributed by atoms with Gasteiger partial charge in [-0.15, -0.1) is 0 Å². The van der Waals surface area contributed by atoms with E-state index in [1.807, 2.05) is 19.9 Å². The summed E-state index contributed by atoms with van der Waals surface area (Å²) >= 11 is 17.3. The van der Waals surface area contributed by atoms with E-state index in [9.17, 15) is 0 Å². The number of aryl methyl sites for hydroxylation is 2. The second-order valence-corrected chi connectivity index (χ2v) is 6.63. The molecule has 3 rings (SSSR count). The first-order chi connectivity index (χ1) is 11.9. The van der Waals surface area contributed by atoms with Crippen LogP contribution in [0.5, 0.6) is 5.75 Å². The van der Waals surface area contributed by atoms with Gasteiger partial charge in [0, 0.05) is 28.0 Å². The smallest absolute Gasteiger partial charge is 0.216 e. The minimum Gasteiger partial charge on any atom is -0.484 e. The van der Waals surface area contributed by atoms with Crippen molar-refractivity contribution in [3.63, 3.8) is 0 Å². The molecule has 0 fully saturated rings. The highest BCUT2D eigenvalue weighted by Gasteiger charge is 2.09. The molecule has 130 valence electrons. The van der Waals surface area contributed by atoms with Crippen LogP contribution in [0.3, 0.4) is 0 Å². The minimum atomic E-state index is 0.135. The van der Waals surface area contributed by atoms with Gasteiger partial charge in [-0.2, -0.15) is 14.9 Å². The van der Waals surface area contributed by atoms with Crippen LogP contribution in [-0.4, -0.2) is 26.1 Å². The number of aromatic nitrogens is 4. The van der Waals surface area contributed by atoms with Gasteiger partial charge in [0.1, 0.15) is 12.4 Å². The van der Waals surface area contributed by atoms with Crippen molar-refractivity contribution < 1.29 is 4.74 Å². The van der Waals surface area contributed by atoms with Crippen molar-refractivity contribution >= 4 is 41.6 Å². The van der Waals surface area contributed by atoms with E-state index in [2.05, 4.69) is 20.3 Å². The van der Waals surface area contributed by atoms with Gasteiger partial charge in [-0.05, 0) is 44.3 Å². The van der Waals surface area contributed by atoms with Gasteiger partial charge in [0.25, 0.3) is 0 Å². The maximum absolute atomic E-state index is 6.10. The van der Waals surface area contributed by atoms with Crippen LogP contribution in [0.15, 0.2) is 29.4 Å². The number of hydrogen-bond donors (Lipinski definition) is 2. The molecule has 0 unspecified atom stereocenters. The SMILES string of the molecule is Cc1cc(/C=N/n2c(COc3cc(Cl)ccc3Cl)n[nH]c2=S)c(C)[nH]1. The molecule has 0 amide bonds. The van der Waals surface area contributed by atoms with Crippen molar-refractivity contribution in [1.82, 2.24) is 19.9 Å². The predicted octanol–water partition coefficient (Wildman–Crippen LogP) is 4.65. The monoisotopic (exact) mass is 395 g/mol. The summed E-state index contributed by atoms with van der Waals surface area (Å²) in [7, 11) is 0. The Morgan fingerprint density at radius 2 is 2.12 bits per heavy atom. The Balaban J connectivity index is 1.81. The summed E-state index contributed by atoms with van der Waals surface area (Å²) in [6.45, 7) is 4.10. The molecule has 0 aliphatic carbocycles. The molecule has 25 heavy (non-hydrogen) atoms. The van der Waals surface area contributed by atoms with E-state index in [0.717, 1.165) is 17.0 Å². The van der Waals surface area contributed by atoms with Crippen LogP contribution in [0, 0.1) is 18.6 Å². The molecule has 0 saturated carbocycles. The lowest BCUT2D eigenvalue weighted by Gasteiger charge is -2.07. The van der Waals surface area contributed by atoms with Gasteiger partial charge in [0.15, 0.2) is 5.82 Å². The number of nitrogens with zero attached hydrogens (tertiary/aromatic N) is 3. The fourth-order valence-electron chi connectivity index (χ4n) is 2.27. The van der Waals surface area contributed by atoms with Crippen LogP contribution in [0.4, 0.5) is 0 Å². The number of ether oxygens (including phenoxy) is 1. The third-order valence-electron chi connectivity index (χ3n) is 3.47. The second kappa shape index (κ2) is 7.43.